The Bertz CT molecular complexity index is 233. The maximum atomic E-state index is 12.2. The summed E-state index contributed by atoms with van der Waals surface area (Å²) in [5.74, 6) is 0.393. The third-order valence-electron chi connectivity index (χ3n) is 3.25. The van der Waals surface area contributed by atoms with Crippen molar-refractivity contribution in [2.45, 2.75) is 46.0 Å². The highest BCUT2D eigenvalue weighted by Crippen LogP contribution is 2.34. The average Bonchev–Trinajstić information content (AvgIpc) is 2.18. The second-order valence-corrected chi connectivity index (χ2v) is 4.87. The number of carbonyl (C=O) groups is 1. The molecule has 86 valence electrons. The second kappa shape index (κ2) is 5.45. The normalized spacial score (nSPS) is 26.3. The van der Waals surface area contributed by atoms with Crippen LogP contribution in [0.5, 0.6) is 0 Å². The number of nitrogens with one attached hydrogen (secondary N) is 1. The molecule has 0 aromatic carbocycles. The predicted molar refractivity (Wildman–Crippen MR) is 63.9 cm³/mol. The lowest BCUT2D eigenvalue weighted by Gasteiger charge is -2.36. The molecule has 1 unspecified atom stereocenters. The SMILES string of the molecule is C=C(C)CC(=O)C1(CCC)CCCNC1. The first-order chi connectivity index (χ1) is 7.10. The van der Waals surface area contributed by atoms with Gasteiger partial charge in [-0.25, -0.2) is 0 Å². The highest BCUT2D eigenvalue weighted by molar-refractivity contribution is 5.87. The third-order valence-corrected chi connectivity index (χ3v) is 3.25. The number of Topliss-reactive ketones (excluding diaryl/α,β-unsaturated/α-hetero) is 1. The standard InChI is InChI=1S/C13H23NO/c1-4-6-13(7-5-8-14-10-13)12(15)9-11(2)3/h14H,2,4-10H2,1,3H3. The van der Waals surface area contributed by atoms with Crippen LogP contribution < -0.4 is 5.32 Å². The highest BCUT2D eigenvalue weighted by Gasteiger charge is 2.37. The molecule has 0 spiro atoms. The summed E-state index contributed by atoms with van der Waals surface area (Å²) < 4.78 is 0. The van der Waals surface area contributed by atoms with E-state index < -0.39 is 0 Å². The number of hydrogen-bond acceptors (Lipinski definition) is 2. The van der Waals surface area contributed by atoms with E-state index >= 15 is 0 Å². The van der Waals surface area contributed by atoms with Gasteiger partial charge in [0.25, 0.3) is 0 Å². The lowest BCUT2D eigenvalue weighted by atomic mass is 9.72. The second-order valence-electron chi connectivity index (χ2n) is 4.87. The summed E-state index contributed by atoms with van der Waals surface area (Å²) in [7, 11) is 0. The first kappa shape index (κ1) is 12.4. The average molecular weight is 209 g/mol. The van der Waals surface area contributed by atoms with Gasteiger partial charge in [-0.1, -0.05) is 25.5 Å². The fraction of sp³-hybridized carbons (Fsp3) is 0.769. The Morgan fingerprint density at radius 2 is 2.27 bits per heavy atom. The largest absolute Gasteiger partial charge is 0.316 e. The molecule has 1 N–H and O–H groups in total. The van der Waals surface area contributed by atoms with Gasteiger partial charge in [0.2, 0.25) is 0 Å². The fourth-order valence-electron chi connectivity index (χ4n) is 2.50. The topological polar surface area (TPSA) is 29.1 Å². The molecule has 15 heavy (non-hydrogen) atoms. The number of piperidine rings is 1. The summed E-state index contributed by atoms with van der Waals surface area (Å²) in [5.41, 5.74) is 0.896. The molecule has 0 aromatic heterocycles. The van der Waals surface area contributed by atoms with Gasteiger partial charge in [-0.05, 0) is 32.7 Å². The highest BCUT2D eigenvalue weighted by atomic mass is 16.1. The van der Waals surface area contributed by atoms with E-state index in [4.69, 9.17) is 0 Å². The molecule has 1 aliphatic rings. The fourth-order valence-corrected chi connectivity index (χ4v) is 2.50. The van der Waals surface area contributed by atoms with Gasteiger partial charge >= 0.3 is 0 Å². The minimum Gasteiger partial charge on any atom is -0.316 e. The van der Waals surface area contributed by atoms with Gasteiger partial charge in [0.1, 0.15) is 5.78 Å². The van der Waals surface area contributed by atoms with Crippen molar-refractivity contribution < 1.29 is 4.79 Å². The molecule has 0 amide bonds. The van der Waals surface area contributed by atoms with Gasteiger partial charge in [0.15, 0.2) is 0 Å². The van der Waals surface area contributed by atoms with Gasteiger partial charge in [-0.3, -0.25) is 4.79 Å². The molecular weight excluding hydrogens is 186 g/mol. The molecule has 0 radical (unpaired) electrons. The molecule has 1 fully saturated rings. The summed E-state index contributed by atoms with van der Waals surface area (Å²) in [4.78, 5) is 12.2. The van der Waals surface area contributed by atoms with Crippen molar-refractivity contribution in [1.29, 1.82) is 0 Å². The van der Waals surface area contributed by atoms with Gasteiger partial charge in [-0.15, -0.1) is 0 Å². The maximum Gasteiger partial charge on any atom is 0.144 e. The van der Waals surface area contributed by atoms with E-state index in [0.717, 1.165) is 44.3 Å². The van der Waals surface area contributed by atoms with Crippen molar-refractivity contribution in [2.24, 2.45) is 5.41 Å². The Morgan fingerprint density at radius 1 is 1.53 bits per heavy atom. The van der Waals surface area contributed by atoms with Gasteiger partial charge < -0.3 is 5.32 Å². The molecule has 0 aliphatic carbocycles. The number of ketones is 1. The summed E-state index contributed by atoms with van der Waals surface area (Å²) in [6, 6.07) is 0. The number of rotatable bonds is 5. The van der Waals surface area contributed by atoms with Gasteiger partial charge in [0.05, 0.1) is 0 Å². The lowest BCUT2D eigenvalue weighted by molar-refractivity contribution is -0.129. The number of allylic oxidation sites excluding steroid dienone is 1. The van der Waals surface area contributed by atoms with Crippen molar-refractivity contribution in [2.75, 3.05) is 13.1 Å². The van der Waals surface area contributed by atoms with Crippen LogP contribution >= 0.6 is 0 Å². The van der Waals surface area contributed by atoms with E-state index in [2.05, 4.69) is 18.8 Å². The molecule has 2 heteroatoms. The summed E-state index contributed by atoms with van der Waals surface area (Å²) in [5, 5.41) is 3.36. The third kappa shape index (κ3) is 3.16. The predicted octanol–water partition coefficient (Wildman–Crippen LogP) is 2.69. The molecule has 1 rings (SSSR count). The summed E-state index contributed by atoms with van der Waals surface area (Å²) in [6.07, 6.45) is 4.85. The lowest BCUT2D eigenvalue weighted by Crippen LogP contribution is -2.45. The zero-order valence-electron chi connectivity index (χ0n) is 10.1. The van der Waals surface area contributed by atoms with Crippen LogP contribution in [0.3, 0.4) is 0 Å². The van der Waals surface area contributed by atoms with Crippen LogP contribution in [0, 0.1) is 5.41 Å². The first-order valence-corrected chi connectivity index (χ1v) is 5.99. The molecular formula is C13H23NO. The maximum absolute atomic E-state index is 12.2. The quantitative estimate of drug-likeness (QED) is 0.705. The van der Waals surface area contributed by atoms with Crippen LogP contribution in [-0.2, 0) is 4.79 Å². The van der Waals surface area contributed by atoms with E-state index in [1.165, 1.54) is 0 Å². The smallest absolute Gasteiger partial charge is 0.144 e. The summed E-state index contributed by atoms with van der Waals surface area (Å²) in [6.45, 7) is 9.86. The minimum absolute atomic E-state index is 0.0913. The zero-order chi connectivity index (χ0) is 11.3. The van der Waals surface area contributed by atoms with Crippen molar-refractivity contribution in [3.05, 3.63) is 12.2 Å². The molecule has 2 nitrogen and oxygen atoms in total. The van der Waals surface area contributed by atoms with E-state index in [-0.39, 0.29) is 5.41 Å². The Morgan fingerprint density at radius 3 is 2.73 bits per heavy atom. The van der Waals surface area contributed by atoms with Crippen LogP contribution in [0.4, 0.5) is 0 Å². The van der Waals surface area contributed by atoms with Crippen molar-refractivity contribution >= 4 is 5.78 Å². The molecule has 1 aliphatic heterocycles. The molecule has 1 heterocycles. The van der Waals surface area contributed by atoms with Crippen LogP contribution in [0.15, 0.2) is 12.2 Å². The molecule has 1 atom stereocenters. The van der Waals surface area contributed by atoms with Gasteiger partial charge in [-0.2, -0.15) is 0 Å². The van der Waals surface area contributed by atoms with E-state index in [1.54, 1.807) is 0 Å². The summed E-state index contributed by atoms with van der Waals surface area (Å²) >= 11 is 0. The van der Waals surface area contributed by atoms with E-state index in [0.29, 0.717) is 12.2 Å². The van der Waals surface area contributed by atoms with Crippen molar-refractivity contribution in [1.82, 2.24) is 5.32 Å². The Kier molecular flexibility index (Phi) is 4.52. The Labute approximate surface area is 93.1 Å². The van der Waals surface area contributed by atoms with Gasteiger partial charge in [0, 0.05) is 18.4 Å². The molecule has 0 bridgehead atoms. The molecule has 0 saturated carbocycles. The van der Waals surface area contributed by atoms with Crippen molar-refractivity contribution in [3.8, 4) is 0 Å². The Hall–Kier alpha value is -0.630. The monoisotopic (exact) mass is 209 g/mol. The number of carbonyl (C=O) groups excluding carboxylic acids is 1. The van der Waals surface area contributed by atoms with Crippen LogP contribution in [0.2, 0.25) is 0 Å². The van der Waals surface area contributed by atoms with Crippen LogP contribution in [-0.4, -0.2) is 18.9 Å². The minimum atomic E-state index is -0.0913. The first-order valence-electron chi connectivity index (χ1n) is 5.99. The molecule has 1 saturated heterocycles. The zero-order valence-corrected chi connectivity index (χ0v) is 10.1. The van der Waals surface area contributed by atoms with Crippen LogP contribution in [0.25, 0.3) is 0 Å². The van der Waals surface area contributed by atoms with E-state index in [1.807, 2.05) is 6.92 Å². The molecule has 0 aromatic rings. The van der Waals surface area contributed by atoms with Crippen molar-refractivity contribution in [3.63, 3.8) is 0 Å². The van der Waals surface area contributed by atoms with E-state index in [9.17, 15) is 4.79 Å². The van der Waals surface area contributed by atoms with Crippen LogP contribution in [0.1, 0.15) is 46.0 Å². The Balaban J connectivity index is 2.70. The number of hydrogen-bond donors (Lipinski definition) is 1.